The number of nitrogens with zero attached hydrogens (tertiary/aromatic N) is 2. The topological polar surface area (TPSA) is 16.1 Å². The van der Waals surface area contributed by atoms with E-state index < -0.39 is 17.5 Å². The molecule has 0 saturated heterocycles. The van der Waals surface area contributed by atoms with Crippen LogP contribution in [0.5, 0.6) is 0 Å². The predicted octanol–water partition coefficient (Wildman–Crippen LogP) is 5.96. The lowest BCUT2D eigenvalue weighted by molar-refractivity contribution is 0.468. The first kappa shape index (κ1) is 19.5. The molecule has 3 rings (SSSR count). The predicted molar refractivity (Wildman–Crippen MR) is 99.5 cm³/mol. The minimum absolute atomic E-state index is 0.0720. The molecule has 0 radical (unpaired) electrons. The SMILES string of the molecule is C=C1C(F)=CC(c2ccccc2)=C(c2c(F)cncc2F)N1CC.CC. The molecular weight excluding hydrogens is 337 g/mol. The van der Waals surface area contributed by atoms with Crippen LogP contribution in [-0.2, 0) is 0 Å². The molecular formula is C21H21F3N2. The van der Waals surface area contributed by atoms with Crippen molar-refractivity contribution < 1.29 is 13.2 Å². The van der Waals surface area contributed by atoms with Gasteiger partial charge in [0.2, 0.25) is 0 Å². The lowest BCUT2D eigenvalue weighted by Gasteiger charge is -2.33. The first-order valence-corrected chi connectivity index (χ1v) is 8.47. The first-order valence-electron chi connectivity index (χ1n) is 8.47. The van der Waals surface area contributed by atoms with Gasteiger partial charge in [-0.05, 0) is 18.6 Å². The maximum atomic E-state index is 14.4. The lowest BCUT2D eigenvalue weighted by Crippen LogP contribution is -2.26. The molecule has 1 aliphatic heterocycles. The van der Waals surface area contributed by atoms with Gasteiger partial charge in [-0.25, -0.2) is 13.2 Å². The van der Waals surface area contributed by atoms with Crippen LogP contribution in [0, 0.1) is 11.6 Å². The molecule has 2 heterocycles. The van der Waals surface area contributed by atoms with Gasteiger partial charge < -0.3 is 4.90 Å². The smallest absolute Gasteiger partial charge is 0.153 e. The van der Waals surface area contributed by atoms with Crippen LogP contribution in [0.15, 0.2) is 66.9 Å². The zero-order valence-electron chi connectivity index (χ0n) is 15.1. The van der Waals surface area contributed by atoms with Gasteiger partial charge in [0.1, 0.15) is 5.83 Å². The summed E-state index contributed by atoms with van der Waals surface area (Å²) in [6.45, 7) is 9.78. The van der Waals surface area contributed by atoms with Crippen LogP contribution in [0.3, 0.4) is 0 Å². The number of halogens is 3. The molecule has 0 atom stereocenters. The van der Waals surface area contributed by atoms with E-state index >= 15 is 0 Å². The second-order valence-electron chi connectivity index (χ2n) is 5.29. The average molecular weight is 358 g/mol. The van der Waals surface area contributed by atoms with Crippen molar-refractivity contribution in [1.29, 1.82) is 0 Å². The average Bonchev–Trinajstić information content (AvgIpc) is 2.66. The first-order chi connectivity index (χ1) is 12.5. The second-order valence-corrected chi connectivity index (χ2v) is 5.29. The van der Waals surface area contributed by atoms with E-state index in [4.69, 9.17) is 0 Å². The molecule has 0 aliphatic carbocycles. The molecule has 0 fully saturated rings. The molecule has 0 N–H and O–H groups in total. The number of hydrogen-bond acceptors (Lipinski definition) is 2. The Bertz CT molecular complexity index is 835. The number of rotatable bonds is 3. The zero-order chi connectivity index (χ0) is 19.3. The molecule has 0 bridgehead atoms. The fraction of sp³-hybridized carbons (Fsp3) is 0.190. The van der Waals surface area contributed by atoms with Crippen molar-refractivity contribution >= 4 is 11.3 Å². The zero-order valence-corrected chi connectivity index (χ0v) is 15.1. The monoisotopic (exact) mass is 358 g/mol. The van der Waals surface area contributed by atoms with Gasteiger partial charge in [-0.2, -0.15) is 0 Å². The van der Waals surface area contributed by atoms with Gasteiger partial charge in [-0.1, -0.05) is 50.8 Å². The standard InChI is InChI=1S/C19H15F3N2.C2H6/c1-3-24-12(2)15(20)9-14(13-7-5-4-6-8-13)19(24)18-16(21)10-23-11-17(18)22;1-2/h4-11H,2-3H2,1H3;1-2H3. The summed E-state index contributed by atoms with van der Waals surface area (Å²) in [5.41, 5.74) is 1.13. The molecule has 0 unspecified atom stereocenters. The summed E-state index contributed by atoms with van der Waals surface area (Å²) in [7, 11) is 0. The second kappa shape index (κ2) is 8.52. The van der Waals surface area contributed by atoms with Gasteiger partial charge in [0.05, 0.1) is 29.4 Å². The number of pyridine rings is 1. The van der Waals surface area contributed by atoms with Crippen LogP contribution in [0.4, 0.5) is 13.2 Å². The molecule has 0 saturated carbocycles. The Kier molecular flexibility index (Phi) is 6.39. The molecule has 0 amide bonds. The van der Waals surface area contributed by atoms with Crippen molar-refractivity contribution in [2.75, 3.05) is 6.54 Å². The summed E-state index contributed by atoms with van der Waals surface area (Å²) < 4.78 is 43.0. The summed E-state index contributed by atoms with van der Waals surface area (Å²) in [6.07, 6.45) is 3.15. The van der Waals surface area contributed by atoms with E-state index in [0.717, 1.165) is 12.4 Å². The van der Waals surface area contributed by atoms with Gasteiger partial charge in [0.15, 0.2) is 11.6 Å². The molecule has 0 spiro atoms. The molecule has 2 nitrogen and oxygen atoms in total. The van der Waals surface area contributed by atoms with Crippen molar-refractivity contribution in [3.8, 4) is 0 Å². The van der Waals surface area contributed by atoms with Crippen molar-refractivity contribution in [3.63, 3.8) is 0 Å². The van der Waals surface area contributed by atoms with Gasteiger partial charge in [0, 0.05) is 12.1 Å². The largest absolute Gasteiger partial charge is 0.339 e. The fourth-order valence-corrected chi connectivity index (χ4v) is 2.78. The summed E-state index contributed by atoms with van der Waals surface area (Å²) in [4.78, 5) is 4.99. The maximum Gasteiger partial charge on any atom is 0.153 e. The van der Waals surface area contributed by atoms with Crippen LogP contribution in [-0.4, -0.2) is 16.4 Å². The Labute approximate surface area is 152 Å². The van der Waals surface area contributed by atoms with E-state index in [-0.39, 0.29) is 17.0 Å². The highest BCUT2D eigenvalue weighted by molar-refractivity contribution is 5.97. The van der Waals surface area contributed by atoms with Crippen LogP contribution < -0.4 is 0 Å². The van der Waals surface area contributed by atoms with Crippen LogP contribution >= 0.6 is 0 Å². The molecule has 1 aromatic heterocycles. The van der Waals surface area contributed by atoms with E-state index in [0.29, 0.717) is 17.7 Å². The lowest BCUT2D eigenvalue weighted by atomic mass is 9.94. The van der Waals surface area contributed by atoms with Crippen molar-refractivity contribution in [2.24, 2.45) is 0 Å². The summed E-state index contributed by atoms with van der Waals surface area (Å²) >= 11 is 0. The number of benzene rings is 1. The number of hydrogen-bond donors (Lipinski definition) is 0. The van der Waals surface area contributed by atoms with Gasteiger partial charge in [0.25, 0.3) is 0 Å². The third-order valence-electron chi connectivity index (χ3n) is 3.89. The summed E-state index contributed by atoms with van der Waals surface area (Å²) in [6, 6.07) is 8.90. The fourth-order valence-electron chi connectivity index (χ4n) is 2.78. The molecule has 5 heteroatoms. The molecule has 136 valence electrons. The van der Waals surface area contributed by atoms with Crippen molar-refractivity contribution in [1.82, 2.24) is 9.88 Å². The minimum Gasteiger partial charge on any atom is -0.339 e. The van der Waals surface area contributed by atoms with Crippen LogP contribution in [0.2, 0.25) is 0 Å². The van der Waals surface area contributed by atoms with E-state index in [1.807, 2.05) is 19.9 Å². The van der Waals surface area contributed by atoms with E-state index in [1.54, 1.807) is 31.2 Å². The van der Waals surface area contributed by atoms with E-state index in [9.17, 15) is 13.2 Å². The Morgan fingerprint density at radius 1 is 1.00 bits per heavy atom. The summed E-state index contributed by atoms with van der Waals surface area (Å²) in [5, 5.41) is 0. The highest BCUT2D eigenvalue weighted by atomic mass is 19.1. The van der Waals surface area contributed by atoms with E-state index in [1.165, 1.54) is 11.0 Å². The minimum atomic E-state index is -0.805. The van der Waals surface area contributed by atoms with Gasteiger partial charge >= 0.3 is 0 Å². The van der Waals surface area contributed by atoms with Crippen molar-refractivity contribution in [2.45, 2.75) is 20.8 Å². The normalized spacial score (nSPS) is 14.0. The van der Waals surface area contributed by atoms with Crippen molar-refractivity contribution in [3.05, 3.63) is 89.7 Å². The van der Waals surface area contributed by atoms with E-state index in [2.05, 4.69) is 11.6 Å². The van der Waals surface area contributed by atoms with Crippen LogP contribution in [0.1, 0.15) is 31.9 Å². The molecule has 26 heavy (non-hydrogen) atoms. The molecule has 1 aromatic carbocycles. The number of likely N-dealkylation sites (N-methyl/N-ethyl adjacent to an activating group) is 1. The highest BCUT2D eigenvalue weighted by Crippen LogP contribution is 2.40. The van der Waals surface area contributed by atoms with Gasteiger partial charge in [-0.15, -0.1) is 0 Å². The Morgan fingerprint density at radius 2 is 1.58 bits per heavy atom. The molecule has 2 aromatic rings. The van der Waals surface area contributed by atoms with Gasteiger partial charge in [-0.3, -0.25) is 4.98 Å². The number of aromatic nitrogens is 1. The quantitative estimate of drug-likeness (QED) is 0.673. The number of allylic oxidation sites excluding steroid dienone is 3. The van der Waals surface area contributed by atoms with Crippen LogP contribution in [0.25, 0.3) is 11.3 Å². The maximum absolute atomic E-state index is 14.4. The Balaban J connectivity index is 0.00000117. The Morgan fingerprint density at radius 3 is 2.12 bits per heavy atom. The third kappa shape index (κ3) is 3.57. The summed E-state index contributed by atoms with van der Waals surface area (Å²) in [5.74, 6) is -2.14. The highest BCUT2D eigenvalue weighted by Gasteiger charge is 2.29. The third-order valence-corrected chi connectivity index (χ3v) is 3.89. The Hall–Kier alpha value is -2.82. The molecule has 1 aliphatic rings.